The number of alkyl halides is 3. The van der Waals surface area contributed by atoms with Crippen LogP contribution in [0.15, 0.2) is 23.5 Å². The normalized spacial score (nSPS) is 11.3. The second-order valence-corrected chi connectivity index (χ2v) is 4.02. The second-order valence-electron chi connectivity index (χ2n) is 4.02. The summed E-state index contributed by atoms with van der Waals surface area (Å²) in [6, 6.07) is 2.79. The molecule has 5 nitrogen and oxygen atoms in total. The van der Waals surface area contributed by atoms with Gasteiger partial charge in [0.15, 0.2) is 11.1 Å². The maximum atomic E-state index is 12.7. The molecule has 1 aromatic rings. The second kappa shape index (κ2) is 5.68. The number of carbonyl (C=O) groups excluding carboxylic acids is 1. The fraction of sp³-hybridized carbons (Fsp3) is 0.364. The number of amides is 1. The summed E-state index contributed by atoms with van der Waals surface area (Å²) < 4.78 is 38.1. The minimum Gasteiger partial charge on any atom is -0.326 e. The van der Waals surface area contributed by atoms with Crippen LogP contribution in [0, 0.1) is 10.8 Å². The van der Waals surface area contributed by atoms with Crippen molar-refractivity contribution in [2.45, 2.75) is 20.0 Å². The third kappa shape index (κ3) is 3.94. The molecule has 19 heavy (non-hydrogen) atoms. The summed E-state index contributed by atoms with van der Waals surface area (Å²) in [6.07, 6.45) is -4.72. The molecule has 0 heterocycles. The van der Waals surface area contributed by atoms with E-state index in [4.69, 9.17) is 0 Å². The minimum absolute atomic E-state index is 0.0377. The van der Waals surface area contributed by atoms with Gasteiger partial charge in [-0.1, -0.05) is 13.8 Å². The largest absolute Gasteiger partial charge is 0.420 e. The van der Waals surface area contributed by atoms with Crippen molar-refractivity contribution in [2.75, 3.05) is 5.32 Å². The summed E-state index contributed by atoms with van der Waals surface area (Å²) in [7, 11) is 0. The smallest absolute Gasteiger partial charge is 0.326 e. The van der Waals surface area contributed by atoms with Crippen LogP contribution in [0.1, 0.15) is 19.4 Å². The van der Waals surface area contributed by atoms with Crippen molar-refractivity contribution in [3.05, 3.63) is 28.7 Å². The number of nitrogens with zero attached hydrogens (tertiary/aromatic N) is 1. The summed E-state index contributed by atoms with van der Waals surface area (Å²) in [5.74, 6) is -1.51. The molecule has 1 aromatic carbocycles. The number of anilines is 1. The molecule has 0 aromatic heterocycles. The number of halogens is 3. The number of hydrogen-bond donors (Lipinski definition) is 1. The van der Waals surface area contributed by atoms with Gasteiger partial charge in [-0.3, -0.25) is 4.79 Å². The molecular formula is C11H11F3N2O3. The first-order chi connectivity index (χ1) is 8.75. The molecule has 1 rings (SSSR count). The highest BCUT2D eigenvalue weighted by atomic mass is 19.4. The topological polar surface area (TPSA) is 67.8 Å². The van der Waals surface area contributed by atoms with Crippen LogP contribution in [-0.4, -0.2) is 5.91 Å². The highest BCUT2D eigenvalue weighted by molar-refractivity contribution is 5.92. The van der Waals surface area contributed by atoms with Gasteiger partial charge >= 0.3 is 6.18 Å². The molecular weight excluding hydrogens is 265 g/mol. The number of nitrogens with one attached hydrogen (secondary N) is 1. The van der Waals surface area contributed by atoms with Gasteiger partial charge in [0.1, 0.15) is 5.56 Å². The van der Waals surface area contributed by atoms with Gasteiger partial charge in [0.25, 0.3) is 0 Å². The predicted octanol–water partition coefficient (Wildman–Crippen LogP) is 3.36. The van der Waals surface area contributed by atoms with E-state index in [1.807, 2.05) is 5.34 Å². The van der Waals surface area contributed by atoms with E-state index in [-0.39, 0.29) is 11.6 Å². The molecule has 0 fully saturated rings. The first-order valence-corrected chi connectivity index (χ1v) is 5.27. The maximum absolute atomic E-state index is 12.7. The van der Waals surface area contributed by atoms with Crippen LogP contribution in [0.3, 0.4) is 0 Å². The number of benzene rings is 1. The third-order valence-corrected chi connectivity index (χ3v) is 2.21. The van der Waals surface area contributed by atoms with Crippen LogP contribution in [0.5, 0.6) is 5.75 Å². The van der Waals surface area contributed by atoms with E-state index in [1.165, 1.54) is 6.07 Å². The van der Waals surface area contributed by atoms with Gasteiger partial charge in [0.05, 0.1) is 0 Å². The molecule has 0 bridgehead atoms. The average Bonchev–Trinajstić information content (AvgIpc) is 2.29. The predicted molar refractivity (Wildman–Crippen MR) is 61.3 cm³/mol. The summed E-state index contributed by atoms with van der Waals surface area (Å²) in [5.41, 5.74) is -1.22. The molecule has 0 saturated carbocycles. The van der Waals surface area contributed by atoms with Crippen LogP contribution in [0.4, 0.5) is 18.9 Å². The van der Waals surface area contributed by atoms with Crippen molar-refractivity contribution >= 4 is 11.6 Å². The van der Waals surface area contributed by atoms with Gasteiger partial charge < -0.3 is 10.2 Å². The van der Waals surface area contributed by atoms with Gasteiger partial charge in [-0.25, -0.2) is 0 Å². The first-order valence-electron chi connectivity index (χ1n) is 5.27. The Labute approximate surface area is 106 Å². The molecule has 8 heteroatoms. The lowest BCUT2D eigenvalue weighted by atomic mass is 10.1. The molecule has 0 aliphatic heterocycles. The standard InChI is InChI=1S/C11H11F3N2O3/c1-6(2)10(17)15-7-3-4-9(19-16-18)8(5-7)11(12,13)14/h3-6H,1-2H3,(H,15,17). The fourth-order valence-corrected chi connectivity index (χ4v) is 1.24. The van der Waals surface area contributed by atoms with E-state index < -0.39 is 23.4 Å². The molecule has 0 saturated heterocycles. The lowest BCUT2D eigenvalue weighted by Gasteiger charge is -2.13. The summed E-state index contributed by atoms with van der Waals surface area (Å²) in [6.45, 7) is 3.21. The van der Waals surface area contributed by atoms with Gasteiger partial charge in [-0.2, -0.15) is 13.2 Å². The Morgan fingerprint density at radius 2 is 2.00 bits per heavy atom. The zero-order valence-electron chi connectivity index (χ0n) is 10.1. The molecule has 0 radical (unpaired) electrons. The van der Waals surface area contributed by atoms with E-state index in [1.54, 1.807) is 13.8 Å². The Hall–Kier alpha value is -2.12. The molecule has 0 atom stereocenters. The Kier molecular flexibility index (Phi) is 4.47. The Morgan fingerprint density at radius 3 is 2.47 bits per heavy atom. The zero-order chi connectivity index (χ0) is 14.6. The van der Waals surface area contributed by atoms with E-state index >= 15 is 0 Å². The van der Waals surface area contributed by atoms with Crippen molar-refractivity contribution in [3.8, 4) is 5.75 Å². The highest BCUT2D eigenvalue weighted by Gasteiger charge is 2.35. The van der Waals surface area contributed by atoms with Gasteiger partial charge in [-0.15, -0.1) is 4.91 Å². The van der Waals surface area contributed by atoms with Crippen LogP contribution >= 0.6 is 0 Å². The molecule has 0 unspecified atom stereocenters. The van der Waals surface area contributed by atoms with Gasteiger partial charge in [0.2, 0.25) is 5.91 Å². The summed E-state index contributed by atoms with van der Waals surface area (Å²) >= 11 is 0. The first kappa shape index (κ1) is 14.9. The fourth-order valence-electron chi connectivity index (χ4n) is 1.24. The molecule has 0 aliphatic carbocycles. The molecule has 104 valence electrons. The number of hydrogen-bond acceptors (Lipinski definition) is 4. The van der Waals surface area contributed by atoms with E-state index in [0.29, 0.717) is 6.07 Å². The summed E-state index contributed by atoms with van der Waals surface area (Å²) in [5, 5.41) is 4.28. The molecule has 1 N–H and O–H groups in total. The molecule has 1 amide bonds. The Morgan fingerprint density at radius 1 is 1.37 bits per heavy atom. The zero-order valence-corrected chi connectivity index (χ0v) is 10.1. The third-order valence-electron chi connectivity index (χ3n) is 2.21. The average molecular weight is 276 g/mol. The molecule has 0 aliphatic rings. The van der Waals surface area contributed by atoms with Crippen LogP contribution in [0.2, 0.25) is 0 Å². The SMILES string of the molecule is CC(C)C(=O)Nc1ccc(ON=O)c(C(F)(F)F)c1. The van der Waals surface area contributed by atoms with Gasteiger partial charge in [0, 0.05) is 11.6 Å². The molecule has 0 spiro atoms. The summed E-state index contributed by atoms with van der Waals surface area (Å²) in [4.78, 5) is 25.3. The van der Waals surface area contributed by atoms with E-state index in [9.17, 15) is 22.9 Å². The van der Waals surface area contributed by atoms with Crippen molar-refractivity contribution in [3.63, 3.8) is 0 Å². The quantitative estimate of drug-likeness (QED) is 0.677. The monoisotopic (exact) mass is 276 g/mol. The van der Waals surface area contributed by atoms with Gasteiger partial charge in [-0.05, 0) is 18.2 Å². The van der Waals surface area contributed by atoms with E-state index in [0.717, 1.165) is 6.07 Å². The number of rotatable bonds is 4. The lowest BCUT2D eigenvalue weighted by Crippen LogP contribution is -2.18. The van der Waals surface area contributed by atoms with Crippen molar-refractivity contribution in [1.29, 1.82) is 0 Å². The van der Waals surface area contributed by atoms with Crippen LogP contribution in [-0.2, 0) is 11.0 Å². The van der Waals surface area contributed by atoms with Crippen molar-refractivity contribution in [2.24, 2.45) is 11.3 Å². The highest BCUT2D eigenvalue weighted by Crippen LogP contribution is 2.38. The lowest BCUT2D eigenvalue weighted by molar-refractivity contribution is -0.139. The van der Waals surface area contributed by atoms with Crippen LogP contribution < -0.4 is 10.2 Å². The van der Waals surface area contributed by atoms with Crippen molar-refractivity contribution in [1.82, 2.24) is 0 Å². The minimum atomic E-state index is -4.72. The maximum Gasteiger partial charge on any atom is 0.420 e. The van der Waals surface area contributed by atoms with Crippen LogP contribution in [0.25, 0.3) is 0 Å². The van der Waals surface area contributed by atoms with E-state index in [2.05, 4.69) is 10.2 Å². The number of carbonyl (C=O) groups is 1. The Bertz CT molecular complexity index is 487. The Balaban J connectivity index is 3.11. The van der Waals surface area contributed by atoms with Crippen molar-refractivity contribution < 1.29 is 22.8 Å².